The first-order valence-electron chi connectivity index (χ1n) is 10.2. The molecule has 0 aromatic heterocycles. The molecule has 2 heterocycles. The molecule has 0 unspecified atom stereocenters. The third-order valence-electron chi connectivity index (χ3n) is 6.15. The number of carbonyl (C=O) groups excluding carboxylic acids is 2. The lowest BCUT2D eigenvalue weighted by molar-refractivity contribution is -0.135. The lowest BCUT2D eigenvalue weighted by atomic mass is 10.0. The number of likely N-dealkylation sites (N-methyl/N-ethyl adjacent to an activating group) is 1. The number of benzene rings is 2. The van der Waals surface area contributed by atoms with Crippen molar-refractivity contribution in [2.45, 2.75) is 13.8 Å². The molecule has 1 saturated heterocycles. The van der Waals surface area contributed by atoms with E-state index in [-0.39, 0.29) is 11.8 Å². The van der Waals surface area contributed by atoms with E-state index in [0.717, 1.165) is 18.7 Å². The fourth-order valence-electron chi connectivity index (χ4n) is 4.19. The van der Waals surface area contributed by atoms with Crippen LogP contribution in [0.25, 0.3) is 5.57 Å². The number of methoxy groups -OCH3 is 1. The van der Waals surface area contributed by atoms with Gasteiger partial charge in [0.05, 0.1) is 12.7 Å². The molecule has 2 aromatic carbocycles. The maximum atomic E-state index is 12.9. The molecule has 0 atom stereocenters. The van der Waals surface area contributed by atoms with Crippen LogP contribution >= 0.6 is 0 Å². The van der Waals surface area contributed by atoms with Gasteiger partial charge in [-0.2, -0.15) is 0 Å². The molecule has 6 heteroatoms. The predicted octanol–water partition coefficient (Wildman–Crippen LogP) is 2.84. The number of hydrogen-bond acceptors (Lipinski definition) is 5. The van der Waals surface area contributed by atoms with Crippen molar-refractivity contribution in [1.82, 2.24) is 9.80 Å². The number of carbonyl (C=O) groups is 2. The summed E-state index contributed by atoms with van der Waals surface area (Å²) in [5.74, 6) is 0.233. The largest absolute Gasteiger partial charge is 0.497 e. The van der Waals surface area contributed by atoms with Gasteiger partial charge in [0.25, 0.3) is 11.8 Å². The number of anilines is 1. The summed E-state index contributed by atoms with van der Waals surface area (Å²) >= 11 is 0. The standard InChI is InChI=1S/C24H27N3O3/c1-16-6-5-7-20(17(16)2)26-12-14-27(15-13-26)22-21(23(28)25(3)24(22)29)18-8-10-19(30-4)11-9-18/h5-11H,12-15H2,1-4H3. The Bertz CT molecular complexity index is 1020. The number of hydrogen-bond donors (Lipinski definition) is 0. The SMILES string of the molecule is COc1ccc(C2=C(N3CCN(c4cccc(C)c4C)CC3)C(=O)N(C)C2=O)cc1. The molecule has 2 aliphatic heterocycles. The van der Waals surface area contributed by atoms with Crippen LogP contribution in [0.2, 0.25) is 0 Å². The highest BCUT2D eigenvalue weighted by Gasteiger charge is 2.40. The van der Waals surface area contributed by atoms with Gasteiger partial charge in [-0.3, -0.25) is 14.5 Å². The minimum absolute atomic E-state index is 0.231. The average molecular weight is 405 g/mol. The van der Waals surface area contributed by atoms with Crippen LogP contribution in [-0.4, -0.2) is 62.0 Å². The van der Waals surface area contributed by atoms with Crippen LogP contribution in [0.5, 0.6) is 5.75 Å². The normalized spacial score (nSPS) is 17.3. The highest BCUT2D eigenvalue weighted by atomic mass is 16.5. The zero-order valence-electron chi connectivity index (χ0n) is 17.9. The zero-order chi connectivity index (χ0) is 21.4. The Morgan fingerprint density at radius 3 is 2.10 bits per heavy atom. The second-order valence-electron chi connectivity index (χ2n) is 7.81. The summed E-state index contributed by atoms with van der Waals surface area (Å²) < 4.78 is 5.22. The molecule has 0 N–H and O–H groups in total. The molecule has 0 aliphatic carbocycles. The van der Waals surface area contributed by atoms with E-state index in [2.05, 4.69) is 41.8 Å². The second kappa shape index (κ2) is 7.86. The number of ether oxygens (including phenoxy) is 1. The van der Waals surface area contributed by atoms with Gasteiger partial charge in [0.2, 0.25) is 0 Å². The topological polar surface area (TPSA) is 53.1 Å². The number of aryl methyl sites for hydroxylation is 1. The Hall–Kier alpha value is -3.28. The Kier molecular flexibility index (Phi) is 5.24. The third kappa shape index (κ3) is 3.32. The van der Waals surface area contributed by atoms with Crippen molar-refractivity contribution in [3.63, 3.8) is 0 Å². The van der Waals surface area contributed by atoms with Gasteiger partial charge in [0, 0.05) is 38.9 Å². The predicted molar refractivity (Wildman–Crippen MR) is 117 cm³/mol. The number of amides is 2. The number of piperazine rings is 1. The highest BCUT2D eigenvalue weighted by Crippen LogP contribution is 2.33. The quantitative estimate of drug-likeness (QED) is 0.733. The van der Waals surface area contributed by atoms with E-state index >= 15 is 0 Å². The summed E-state index contributed by atoms with van der Waals surface area (Å²) in [7, 11) is 3.15. The zero-order valence-corrected chi connectivity index (χ0v) is 17.9. The smallest absolute Gasteiger partial charge is 0.277 e. The van der Waals surface area contributed by atoms with E-state index in [1.807, 2.05) is 24.3 Å². The molecule has 0 bridgehead atoms. The molecule has 0 saturated carbocycles. The first-order valence-corrected chi connectivity index (χ1v) is 10.2. The van der Waals surface area contributed by atoms with Gasteiger partial charge in [-0.1, -0.05) is 24.3 Å². The van der Waals surface area contributed by atoms with Crippen LogP contribution in [0, 0.1) is 13.8 Å². The van der Waals surface area contributed by atoms with Gasteiger partial charge in [-0.25, -0.2) is 0 Å². The maximum absolute atomic E-state index is 12.9. The fraction of sp³-hybridized carbons (Fsp3) is 0.333. The van der Waals surface area contributed by atoms with Gasteiger partial charge in [0.1, 0.15) is 11.4 Å². The highest BCUT2D eigenvalue weighted by molar-refractivity contribution is 6.35. The molecule has 0 radical (unpaired) electrons. The van der Waals surface area contributed by atoms with Crippen LogP contribution in [0.4, 0.5) is 5.69 Å². The third-order valence-corrected chi connectivity index (χ3v) is 6.15. The van der Waals surface area contributed by atoms with Crippen molar-refractivity contribution in [2.24, 2.45) is 0 Å². The van der Waals surface area contributed by atoms with E-state index in [0.29, 0.717) is 30.1 Å². The Balaban J connectivity index is 1.62. The molecule has 30 heavy (non-hydrogen) atoms. The van der Waals surface area contributed by atoms with E-state index < -0.39 is 0 Å². The van der Waals surface area contributed by atoms with E-state index in [9.17, 15) is 9.59 Å². The first-order chi connectivity index (χ1) is 14.4. The Labute approximate surface area is 177 Å². The number of imide groups is 1. The molecule has 2 aromatic rings. The summed E-state index contributed by atoms with van der Waals surface area (Å²) in [6.07, 6.45) is 0. The van der Waals surface area contributed by atoms with E-state index in [1.54, 1.807) is 14.2 Å². The fourth-order valence-corrected chi connectivity index (χ4v) is 4.19. The molecule has 1 fully saturated rings. The second-order valence-corrected chi connectivity index (χ2v) is 7.81. The molecule has 4 rings (SSSR count). The molecular weight excluding hydrogens is 378 g/mol. The lowest BCUT2D eigenvalue weighted by Gasteiger charge is -2.38. The Morgan fingerprint density at radius 1 is 0.833 bits per heavy atom. The molecule has 0 spiro atoms. The van der Waals surface area contributed by atoms with Gasteiger partial charge < -0.3 is 14.5 Å². The van der Waals surface area contributed by atoms with E-state index in [4.69, 9.17) is 4.74 Å². The van der Waals surface area contributed by atoms with Crippen molar-refractivity contribution in [3.05, 3.63) is 64.9 Å². The Morgan fingerprint density at radius 2 is 1.47 bits per heavy atom. The summed E-state index contributed by atoms with van der Waals surface area (Å²) in [4.78, 5) is 31.4. The van der Waals surface area contributed by atoms with Gasteiger partial charge in [0.15, 0.2) is 0 Å². The first kappa shape index (κ1) is 20.0. The van der Waals surface area contributed by atoms with Gasteiger partial charge in [-0.05, 0) is 48.7 Å². The van der Waals surface area contributed by atoms with Crippen molar-refractivity contribution in [2.75, 3.05) is 45.2 Å². The van der Waals surface area contributed by atoms with Crippen molar-refractivity contribution < 1.29 is 14.3 Å². The van der Waals surface area contributed by atoms with Gasteiger partial charge >= 0.3 is 0 Å². The van der Waals surface area contributed by atoms with Crippen molar-refractivity contribution in [3.8, 4) is 5.75 Å². The maximum Gasteiger partial charge on any atom is 0.277 e. The summed E-state index contributed by atoms with van der Waals surface area (Å²) in [6.45, 7) is 7.25. The van der Waals surface area contributed by atoms with Crippen molar-refractivity contribution in [1.29, 1.82) is 0 Å². The molecular formula is C24H27N3O3. The average Bonchev–Trinajstić information content (AvgIpc) is 3.00. The number of rotatable bonds is 4. The molecule has 2 amide bonds. The van der Waals surface area contributed by atoms with Crippen LogP contribution in [-0.2, 0) is 9.59 Å². The summed E-state index contributed by atoms with van der Waals surface area (Å²) in [6, 6.07) is 13.7. The van der Waals surface area contributed by atoms with Crippen LogP contribution in [0.15, 0.2) is 48.2 Å². The van der Waals surface area contributed by atoms with Gasteiger partial charge in [-0.15, -0.1) is 0 Å². The van der Waals surface area contributed by atoms with Crippen LogP contribution in [0.1, 0.15) is 16.7 Å². The number of nitrogens with zero attached hydrogens (tertiary/aromatic N) is 3. The van der Waals surface area contributed by atoms with Crippen LogP contribution in [0.3, 0.4) is 0 Å². The minimum atomic E-state index is -0.253. The monoisotopic (exact) mass is 405 g/mol. The summed E-state index contributed by atoms with van der Waals surface area (Å²) in [5.41, 5.74) is 5.53. The molecule has 156 valence electrons. The van der Waals surface area contributed by atoms with E-state index in [1.165, 1.54) is 21.7 Å². The van der Waals surface area contributed by atoms with Crippen LogP contribution < -0.4 is 9.64 Å². The molecule has 6 nitrogen and oxygen atoms in total. The summed E-state index contributed by atoms with van der Waals surface area (Å²) in [5, 5.41) is 0. The van der Waals surface area contributed by atoms with Crippen molar-refractivity contribution >= 4 is 23.1 Å². The lowest BCUT2D eigenvalue weighted by Crippen LogP contribution is -2.47. The molecule has 2 aliphatic rings. The minimum Gasteiger partial charge on any atom is -0.497 e.